The van der Waals surface area contributed by atoms with Crippen LogP contribution in [0.25, 0.3) is 15.4 Å². The van der Waals surface area contributed by atoms with Crippen LogP contribution in [-0.4, -0.2) is 21.8 Å². The van der Waals surface area contributed by atoms with E-state index in [-0.39, 0.29) is 5.91 Å². The summed E-state index contributed by atoms with van der Waals surface area (Å²) < 4.78 is 1.92. The third kappa shape index (κ3) is 3.04. The van der Waals surface area contributed by atoms with Gasteiger partial charge in [-0.3, -0.25) is 9.20 Å². The van der Waals surface area contributed by atoms with Crippen LogP contribution in [0.3, 0.4) is 0 Å². The number of amides is 1. The highest BCUT2D eigenvalue weighted by Gasteiger charge is 2.13. The number of rotatable bonds is 4. The highest BCUT2D eigenvalue weighted by atomic mass is 32.1. The average molecular weight is 313 g/mol. The number of thiazole rings is 1. The molecule has 0 radical (unpaired) electrons. The molecule has 2 aromatic heterocycles. The molecule has 0 spiro atoms. The summed E-state index contributed by atoms with van der Waals surface area (Å²) in [4.78, 5) is 18.4. The Kier molecular flexibility index (Phi) is 3.98. The average Bonchev–Trinajstić information content (AvgIpc) is 3.04. The maximum absolute atomic E-state index is 12.0. The molecular weight excluding hydrogens is 294 g/mol. The summed E-state index contributed by atoms with van der Waals surface area (Å²) in [6.07, 6.45) is 3.82. The minimum Gasteiger partial charge on any atom is -0.350 e. The fourth-order valence-electron chi connectivity index (χ4n) is 2.14. The third-order valence-corrected chi connectivity index (χ3v) is 4.44. The summed E-state index contributed by atoms with van der Waals surface area (Å²) in [6.45, 7) is 6.88. The molecule has 0 atom stereocenters. The Hall–Kier alpha value is -2.14. The van der Waals surface area contributed by atoms with Crippen LogP contribution in [0.5, 0.6) is 0 Å². The van der Waals surface area contributed by atoms with Crippen molar-refractivity contribution in [2.75, 3.05) is 6.54 Å². The van der Waals surface area contributed by atoms with Gasteiger partial charge in [0.25, 0.3) is 5.91 Å². The van der Waals surface area contributed by atoms with E-state index in [0.717, 1.165) is 9.84 Å². The molecule has 1 N–H and O–H groups in total. The Labute approximate surface area is 133 Å². The summed E-state index contributed by atoms with van der Waals surface area (Å²) in [5, 5.41) is 2.89. The molecule has 0 aliphatic carbocycles. The highest BCUT2D eigenvalue weighted by Crippen LogP contribution is 2.28. The first-order valence-electron chi connectivity index (χ1n) is 7.36. The van der Waals surface area contributed by atoms with Crippen LogP contribution in [0.2, 0.25) is 0 Å². The summed E-state index contributed by atoms with van der Waals surface area (Å²) in [6, 6.07) is 8.42. The number of hydrogen-bond donors (Lipinski definition) is 1. The Bertz CT molecular complexity index is 768. The van der Waals surface area contributed by atoms with Gasteiger partial charge in [-0.15, -0.1) is 0 Å². The van der Waals surface area contributed by atoms with E-state index in [1.165, 1.54) is 11.1 Å². The van der Waals surface area contributed by atoms with E-state index in [1.807, 2.05) is 10.6 Å². The van der Waals surface area contributed by atoms with Crippen LogP contribution >= 0.6 is 11.3 Å². The number of nitrogens with zero attached hydrogens (tertiary/aromatic N) is 2. The molecule has 0 saturated heterocycles. The van der Waals surface area contributed by atoms with Gasteiger partial charge in [-0.05, 0) is 18.4 Å². The van der Waals surface area contributed by atoms with Crippen LogP contribution in [0.1, 0.15) is 29.9 Å². The van der Waals surface area contributed by atoms with Crippen molar-refractivity contribution < 1.29 is 4.79 Å². The van der Waals surface area contributed by atoms with Gasteiger partial charge >= 0.3 is 0 Å². The standard InChI is InChI=1S/C17H19N3OS/c1-11(2)8-18-16(21)14-9-20-10-15(22-17(20)19-14)13-6-4-12(3)5-7-13/h4-7,9-11H,8H2,1-3H3,(H,18,21). The molecule has 1 amide bonds. The van der Waals surface area contributed by atoms with E-state index in [1.54, 1.807) is 17.5 Å². The molecule has 0 unspecified atom stereocenters. The molecule has 1 aromatic carbocycles. The number of benzene rings is 1. The lowest BCUT2D eigenvalue weighted by atomic mass is 10.1. The number of carbonyl (C=O) groups is 1. The number of imidazole rings is 1. The van der Waals surface area contributed by atoms with Gasteiger partial charge < -0.3 is 5.32 Å². The van der Waals surface area contributed by atoms with E-state index in [9.17, 15) is 4.79 Å². The zero-order valence-electron chi connectivity index (χ0n) is 13.0. The van der Waals surface area contributed by atoms with Gasteiger partial charge in [0.15, 0.2) is 4.96 Å². The predicted molar refractivity (Wildman–Crippen MR) is 90.4 cm³/mol. The van der Waals surface area contributed by atoms with Gasteiger partial charge in [0.05, 0.1) is 4.88 Å². The first-order chi connectivity index (χ1) is 10.5. The first-order valence-corrected chi connectivity index (χ1v) is 8.18. The van der Waals surface area contributed by atoms with E-state index >= 15 is 0 Å². The summed E-state index contributed by atoms with van der Waals surface area (Å²) in [5.41, 5.74) is 2.89. The molecule has 0 fully saturated rings. The van der Waals surface area contributed by atoms with Crippen molar-refractivity contribution in [1.29, 1.82) is 0 Å². The number of aromatic nitrogens is 2. The number of carbonyl (C=O) groups excluding carboxylic acids is 1. The van der Waals surface area contributed by atoms with Crippen LogP contribution in [-0.2, 0) is 0 Å². The van der Waals surface area contributed by atoms with Gasteiger partial charge in [0.1, 0.15) is 5.69 Å². The van der Waals surface area contributed by atoms with Gasteiger partial charge in [-0.1, -0.05) is 55.0 Å². The largest absolute Gasteiger partial charge is 0.350 e. The van der Waals surface area contributed by atoms with E-state index in [2.05, 4.69) is 55.3 Å². The van der Waals surface area contributed by atoms with Crippen molar-refractivity contribution in [3.05, 3.63) is 47.9 Å². The summed E-state index contributed by atoms with van der Waals surface area (Å²) in [5.74, 6) is 0.322. The molecule has 0 saturated carbocycles. The smallest absolute Gasteiger partial charge is 0.271 e. The first kappa shape index (κ1) is 14.8. The molecule has 0 aliphatic rings. The van der Waals surface area contributed by atoms with E-state index < -0.39 is 0 Å². The maximum Gasteiger partial charge on any atom is 0.271 e. The minimum atomic E-state index is -0.110. The fourth-order valence-corrected chi connectivity index (χ4v) is 3.12. The Morgan fingerprint density at radius 1 is 1.27 bits per heavy atom. The monoisotopic (exact) mass is 313 g/mol. The quantitative estimate of drug-likeness (QED) is 0.797. The lowest BCUT2D eigenvalue weighted by molar-refractivity contribution is 0.0944. The fraction of sp³-hybridized carbons (Fsp3) is 0.294. The molecule has 3 rings (SSSR count). The number of nitrogens with one attached hydrogen (secondary N) is 1. The summed E-state index contributed by atoms with van der Waals surface area (Å²) >= 11 is 1.59. The van der Waals surface area contributed by atoms with Crippen molar-refractivity contribution in [2.24, 2.45) is 5.92 Å². The van der Waals surface area contributed by atoms with Gasteiger partial charge in [-0.25, -0.2) is 4.98 Å². The van der Waals surface area contributed by atoms with E-state index in [4.69, 9.17) is 0 Å². The van der Waals surface area contributed by atoms with Crippen molar-refractivity contribution in [3.8, 4) is 10.4 Å². The zero-order valence-corrected chi connectivity index (χ0v) is 13.8. The molecular formula is C17H19N3OS. The molecule has 4 nitrogen and oxygen atoms in total. The maximum atomic E-state index is 12.0. The Morgan fingerprint density at radius 2 is 2.00 bits per heavy atom. The van der Waals surface area contributed by atoms with Gasteiger partial charge in [0, 0.05) is 18.9 Å². The summed E-state index contributed by atoms with van der Waals surface area (Å²) in [7, 11) is 0. The van der Waals surface area contributed by atoms with Crippen LogP contribution < -0.4 is 5.32 Å². The molecule has 5 heteroatoms. The Balaban J connectivity index is 1.83. The third-order valence-electron chi connectivity index (χ3n) is 3.40. The SMILES string of the molecule is Cc1ccc(-c2cn3cc(C(=O)NCC(C)C)nc3s2)cc1. The molecule has 114 valence electrons. The second-order valence-electron chi connectivity index (χ2n) is 5.88. The van der Waals surface area contributed by atoms with Crippen molar-refractivity contribution in [3.63, 3.8) is 0 Å². The lowest BCUT2D eigenvalue weighted by Gasteiger charge is -2.04. The number of aryl methyl sites for hydroxylation is 1. The lowest BCUT2D eigenvalue weighted by Crippen LogP contribution is -2.27. The molecule has 0 bridgehead atoms. The molecule has 3 aromatic rings. The van der Waals surface area contributed by atoms with Crippen LogP contribution in [0.4, 0.5) is 0 Å². The minimum absolute atomic E-state index is 0.110. The zero-order chi connectivity index (χ0) is 15.7. The highest BCUT2D eigenvalue weighted by molar-refractivity contribution is 7.20. The molecule has 22 heavy (non-hydrogen) atoms. The van der Waals surface area contributed by atoms with Gasteiger partial charge in [-0.2, -0.15) is 0 Å². The second kappa shape index (κ2) is 5.93. The molecule has 2 heterocycles. The predicted octanol–water partition coefficient (Wildman–Crippen LogP) is 3.76. The van der Waals surface area contributed by atoms with Gasteiger partial charge in [0.2, 0.25) is 0 Å². The number of hydrogen-bond acceptors (Lipinski definition) is 3. The molecule has 0 aliphatic heterocycles. The second-order valence-corrected chi connectivity index (χ2v) is 6.89. The van der Waals surface area contributed by atoms with Crippen LogP contribution in [0, 0.1) is 12.8 Å². The Morgan fingerprint density at radius 3 is 2.64 bits per heavy atom. The van der Waals surface area contributed by atoms with E-state index in [0.29, 0.717) is 18.2 Å². The number of fused-ring (bicyclic) bond motifs is 1. The van der Waals surface area contributed by atoms with Crippen LogP contribution in [0.15, 0.2) is 36.7 Å². The van der Waals surface area contributed by atoms with Crippen molar-refractivity contribution in [2.45, 2.75) is 20.8 Å². The van der Waals surface area contributed by atoms with Crippen molar-refractivity contribution in [1.82, 2.24) is 14.7 Å². The van der Waals surface area contributed by atoms with Crippen molar-refractivity contribution >= 4 is 22.2 Å². The topological polar surface area (TPSA) is 46.4 Å². The normalized spacial score (nSPS) is 11.3.